The molecule has 2 heterocycles. The van der Waals surface area contributed by atoms with Crippen molar-refractivity contribution in [3.63, 3.8) is 0 Å². The van der Waals surface area contributed by atoms with E-state index in [2.05, 4.69) is 11.8 Å². The van der Waals surface area contributed by atoms with Crippen molar-refractivity contribution in [2.45, 2.75) is 24.7 Å². The number of halogens is 6. The lowest BCUT2D eigenvalue weighted by molar-refractivity contribution is -0.384. The summed E-state index contributed by atoms with van der Waals surface area (Å²) in [5, 5.41) is 29.8. The van der Waals surface area contributed by atoms with E-state index in [1.165, 1.54) is 49.4 Å². The van der Waals surface area contributed by atoms with Gasteiger partial charge in [0.15, 0.2) is 0 Å². The van der Waals surface area contributed by atoms with Crippen molar-refractivity contribution in [1.82, 2.24) is 0 Å². The molecule has 50 heavy (non-hydrogen) atoms. The van der Waals surface area contributed by atoms with Gasteiger partial charge < -0.3 is 15.1 Å². The molecule has 2 N–H and O–H groups in total. The van der Waals surface area contributed by atoms with Gasteiger partial charge in [-0.05, 0) is 60.4 Å². The quantitative estimate of drug-likeness (QED) is 0.0686. The van der Waals surface area contributed by atoms with Crippen LogP contribution in [-0.4, -0.2) is 59.2 Å². The number of nitro benzene ring substituents is 1. The molecule has 2 aromatic heterocycles. The molecule has 0 aliphatic heterocycles. The highest BCUT2D eigenvalue weighted by Crippen LogP contribution is 2.66. The average Bonchev–Trinajstić information content (AvgIpc) is 3.68. The maximum Gasteiger partial charge on any atom is 0.380 e. The Bertz CT molecular complexity index is 2180. The number of benzene rings is 3. The molecule has 1 aliphatic carbocycles. The molecule has 6 rings (SSSR count). The largest absolute Gasteiger partial charge is 0.395 e. The average molecular weight is 729 g/mol. The van der Waals surface area contributed by atoms with Crippen LogP contribution in [0.4, 0.5) is 37.7 Å². The predicted octanol–water partition coefficient (Wildman–Crippen LogP) is 8.87. The first kappa shape index (κ1) is 35.2. The number of fused-ring (bicyclic) bond motifs is 1. The minimum absolute atomic E-state index is 0.0465. The van der Waals surface area contributed by atoms with Gasteiger partial charge >= 0.3 is 17.8 Å². The Kier molecular flexibility index (Phi) is 9.29. The van der Waals surface area contributed by atoms with E-state index in [1.54, 1.807) is 41.3 Å². The number of nitro groups is 1. The molecule has 258 valence electrons. The van der Waals surface area contributed by atoms with E-state index in [-0.39, 0.29) is 52.7 Å². The van der Waals surface area contributed by atoms with Crippen LogP contribution in [0.15, 0.2) is 78.9 Å². The van der Waals surface area contributed by atoms with E-state index < -0.39 is 45.0 Å². The Hall–Kier alpha value is -4.68. The molecule has 0 saturated heterocycles. The first-order valence-electron chi connectivity index (χ1n) is 15.1. The van der Waals surface area contributed by atoms with Crippen LogP contribution in [0.5, 0.6) is 0 Å². The standard InChI is InChI=1S/C36H26F6N2O4S2/c1-21-27(20-30(49-21)23-9-13-24(14-10-23)43(16-18-45)17-19-46)32-33(35(39,40)36(41,42)34(32,37)38)31-26-4-2-3-5-28(26)50-29(31)15-8-22-6-11-25(12-7-22)44(47)48/h2-7,9-14,20,45-46H,16-19H2,1H3. The van der Waals surface area contributed by atoms with Gasteiger partial charge in [-0.3, -0.25) is 10.1 Å². The number of allylic oxidation sites excluding steroid dienone is 2. The van der Waals surface area contributed by atoms with Gasteiger partial charge in [0.05, 0.1) is 23.0 Å². The summed E-state index contributed by atoms with van der Waals surface area (Å²) in [4.78, 5) is 12.5. The number of hydrogen-bond acceptors (Lipinski definition) is 7. The monoisotopic (exact) mass is 728 g/mol. The second-order valence-corrected chi connectivity index (χ2v) is 13.7. The zero-order chi connectivity index (χ0) is 36.0. The third-order valence-corrected chi connectivity index (χ3v) is 10.5. The number of non-ortho nitro benzene ring substituents is 1. The van der Waals surface area contributed by atoms with Gasteiger partial charge in [-0.2, -0.15) is 26.3 Å². The van der Waals surface area contributed by atoms with Gasteiger partial charge in [-0.25, -0.2) is 0 Å². The van der Waals surface area contributed by atoms with Crippen molar-refractivity contribution in [3.8, 4) is 22.3 Å². The maximum absolute atomic E-state index is 16.0. The molecule has 1 aliphatic rings. The van der Waals surface area contributed by atoms with Crippen molar-refractivity contribution >= 4 is 55.3 Å². The highest BCUT2D eigenvalue weighted by atomic mass is 32.1. The fraction of sp³-hybridized carbons (Fsp3) is 0.222. The molecule has 0 fully saturated rings. The fourth-order valence-electron chi connectivity index (χ4n) is 5.91. The smallest absolute Gasteiger partial charge is 0.380 e. The van der Waals surface area contributed by atoms with Crippen LogP contribution in [0.2, 0.25) is 0 Å². The number of thiophene rings is 2. The number of aliphatic hydroxyl groups is 2. The minimum Gasteiger partial charge on any atom is -0.395 e. The van der Waals surface area contributed by atoms with Crippen molar-refractivity contribution in [2.75, 3.05) is 31.2 Å². The molecule has 0 saturated carbocycles. The SMILES string of the molecule is Cc1sc(-c2ccc(N(CCO)CCO)cc2)cc1C1=C(c2c(C#Cc3ccc([N+](=O)[O-])cc3)sc3ccccc23)C(F)(F)C(F)(F)C1(F)F. The topological polar surface area (TPSA) is 86.8 Å². The lowest BCUT2D eigenvalue weighted by Crippen LogP contribution is -2.48. The number of aliphatic hydroxyl groups excluding tert-OH is 2. The molecular formula is C36H26F6N2O4S2. The zero-order valence-corrected chi connectivity index (χ0v) is 27.7. The van der Waals surface area contributed by atoms with E-state index in [1.807, 2.05) is 0 Å². The van der Waals surface area contributed by atoms with Gasteiger partial charge in [-0.1, -0.05) is 36.3 Å². The molecular weight excluding hydrogens is 703 g/mol. The summed E-state index contributed by atoms with van der Waals surface area (Å²) >= 11 is 1.86. The Balaban J connectivity index is 1.54. The summed E-state index contributed by atoms with van der Waals surface area (Å²) in [6, 6.07) is 18.9. The van der Waals surface area contributed by atoms with Gasteiger partial charge in [0, 0.05) is 73.0 Å². The molecule has 0 atom stereocenters. The van der Waals surface area contributed by atoms with Crippen LogP contribution in [0.1, 0.15) is 26.4 Å². The van der Waals surface area contributed by atoms with E-state index in [0.29, 0.717) is 20.8 Å². The fourth-order valence-corrected chi connectivity index (χ4v) is 8.00. The van der Waals surface area contributed by atoms with Crippen LogP contribution in [-0.2, 0) is 0 Å². The summed E-state index contributed by atoms with van der Waals surface area (Å²) in [6.45, 7) is 1.56. The number of hydrogen-bond donors (Lipinski definition) is 2. The van der Waals surface area contributed by atoms with Gasteiger partial charge in [0.2, 0.25) is 0 Å². The molecule has 6 nitrogen and oxygen atoms in total. The van der Waals surface area contributed by atoms with Crippen LogP contribution in [0.3, 0.4) is 0 Å². The summed E-state index contributed by atoms with van der Waals surface area (Å²) in [5.74, 6) is -11.0. The Morgan fingerprint density at radius 2 is 1.44 bits per heavy atom. The Morgan fingerprint density at radius 1 is 0.820 bits per heavy atom. The number of aryl methyl sites for hydroxylation is 1. The molecule has 3 aromatic carbocycles. The van der Waals surface area contributed by atoms with E-state index >= 15 is 26.3 Å². The minimum atomic E-state index is -5.78. The van der Waals surface area contributed by atoms with Gasteiger partial charge in [0.25, 0.3) is 5.69 Å². The Labute approximate surface area is 289 Å². The summed E-state index contributed by atoms with van der Waals surface area (Å²) in [5.41, 5.74) is -2.76. The molecule has 0 unspecified atom stereocenters. The highest BCUT2D eigenvalue weighted by Gasteiger charge is 2.80. The highest BCUT2D eigenvalue weighted by molar-refractivity contribution is 7.20. The number of alkyl halides is 6. The Morgan fingerprint density at radius 3 is 2.06 bits per heavy atom. The molecule has 5 aromatic rings. The summed E-state index contributed by atoms with van der Waals surface area (Å²) < 4.78 is 95.2. The third-order valence-electron chi connectivity index (χ3n) is 8.35. The molecule has 0 radical (unpaired) electrons. The van der Waals surface area contributed by atoms with E-state index in [9.17, 15) is 20.3 Å². The first-order valence-corrected chi connectivity index (χ1v) is 16.7. The first-order chi connectivity index (χ1) is 23.7. The van der Waals surface area contributed by atoms with Crippen LogP contribution >= 0.6 is 22.7 Å². The van der Waals surface area contributed by atoms with Gasteiger partial charge in [0.1, 0.15) is 0 Å². The second kappa shape index (κ2) is 13.2. The second-order valence-electron chi connectivity index (χ2n) is 11.4. The van der Waals surface area contributed by atoms with Gasteiger partial charge in [-0.15, -0.1) is 22.7 Å². The summed E-state index contributed by atoms with van der Waals surface area (Å²) in [6.07, 6.45) is 0. The van der Waals surface area contributed by atoms with Crippen molar-refractivity contribution < 1.29 is 41.5 Å². The molecule has 0 bridgehead atoms. The number of rotatable bonds is 9. The third kappa shape index (κ3) is 5.83. The predicted molar refractivity (Wildman–Crippen MR) is 183 cm³/mol. The van der Waals surface area contributed by atoms with Crippen molar-refractivity contribution in [3.05, 3.63) is 115 Å². The number of anilines is 1. The number of nitrogens with zero attached hydrogens (tertiary/aromatic N) is 2. The molecule has 0 amide bonds. The molecule has 0 spiro atoms. The van der Waals surface area contributed by atoms with Crippen LogP contribution < -0.4 is 4.90 Å². The normalized spacial score (nSPS) is 16.0. The lowest BCUT2D eigenvalue weighted by Gasteiger charge is -2.25. The summed E-state index contributed by atoms with van der Waals surface area (Å²) in [7, 11) is 0. The van der Waals surface area contributed by atoms with E-state index in [0.717, 1.165) is 22.7 Å². The zero-order valence-electron chi connectivity index (χ0n) is 26.0. The van der Waals surface area contributed by atoms with Crippen LogP contribution in [0, 0.1) is 28.9 Å². The lowest BCUT2D eigenvalue weighted by atomic mass is 9.92. The van der Waals surface area contributed by atoms with E-state index in [4.69, 9.17) is 0 Å². The van der Waals surface area contributed by atoms with Crippen molar-refractivity contribution in [2.24, 2.45) is 0 Å². The molecule has 14 heteroatoms. The van der Waals surface area contributed by atoms with Crippen LogP contribution in [0.25, 0.3) is 31.7 Å². The maximum atomic E-state index is 16.0. The van der Waals surface area contributed by atoms with Crippen molar-refractivity contribution in [1.29, 1.82) is 0 Å².